The van der Waals surface area contributed by atoms with E-state index in [-0.39, 0.29) is 0 Å². The summed E-state index contributed by atoms with van der Waals surface area (Å²) in [5.74, 6) is 1.21. The third-order valence-electron chi connectivity index (χ3n) is 3.25. The maximum atomic E-state index is 4.72. The van der Waals surface area contributed by atoms with Crippen LogP contribution in [0.3, 0.4) is 0 Å². The highest BCUT2D eigenvalue weighted by molar-refractivity contribution is 7.98. The second-order valence-electron chi connectivity index (χ2n) is 5.28. The Morgan fingerprint density at radius 2 is 2.05 bits per heavy atom. The Labute approximate surface area is 126 Å². The summed E-state index contributed by atoms with van der Waals surface area (Å²) in [6, 6.07) is 1.06. The van der Waals surface area contributed by atoms with E-state index in [4.69, 9.17) is 4.98 Å². The van der Waals surface area contributed by atoms with Gasteiger partial charge in [-0.2, -0.15) is 11.8 Å². The Morgan fingerprint density at radius 3 is 2.63 bits per heavy atom. The van der Waals surface area contributed by atoms with Crippen LogP contribution in [0.2, 0.25) is 0 Å². The van der Waals surface area contributed by atoms with Crippen molar-refractivity contribution >= 4 is 28.2 Å². The summed E-state index contributed by atoms with van der Waals surface area (Å²) in [7, 11) is 2.16. The van der Waals surface area contributed by atoms with Gasteiger partial charge in [-0.05, 0) is 32.3 Å². The molecule has 5 heteroatoms. The Morgan fingerprint density at radius 1 is 1.37 bits per heavy atom. The van der Waals surface area contributed by atoms with E-state index in [1.807, 2.05) is 23.1 Å². The SMILES string of the molecule is CSCCC(C)N(C)c1nc(C)c(CNC(C)C)s1. The molecule has 0 saturated heterocycles. The van der Waals surface area contributed by atoms with Gasteiger partial charge in [-0.1, -0.05) is 13.8 Å². The van der Waals surface area contributed by atoms with Crippen LogP contribution >= 0.6 is 23.1 Å². The van der Waals surface area contributed by atoms with E-state index in [0.717, 1.165) is 17.4 Å². The van der Waals surface area contributed by atoms with Gasteiger partial charge in [-0.15, -0.1) is 11.3 Å². The van der Waals surface area contributed by atoms with Crippen LogP contribution in [-0.4, -0.2) is 36.1 Å². The average molecular weight is 302 g/mol. The molecule has 1 atom stereocenters. The zero-order chi connectivity index (χ0) is 14.4. The molecule has 0 amide bonds. The van der Waals surface area contributed by atoms with E-state index in [1.165, 1.54) is 17.1 Å². The predicted octanol–water partition coefficient (Wildman–Crippen LogP) is 3.53. The van der Waals surface area contributed by atoms with Gasteiger partial charge in [0.05, 0.1) is 5.69 Å². The van der Waals surface area contributed by atoms with E-state index in [9.17, 15) is 0 Å². The third-order valence-corrected chi connectivity index (χ3v) is 5.15. The zero-order valence-electron chi connectivity index (χ0n) is 13.0. The van der Waals surface area contributed by atoms with Crippen molar-refractivity contribution in [3.05, 3.63) is 10.6 Å². The molecule has 1 unspecified atom stereocenters. The van der Waals surface area contributed by atoms with Crippen molar-refractivity contribution in [2.24, 2.45) is 0 Å². The summed E-state index contributed by atoms with van der Waals surface area (Å²) in [6.45, 7) is 9.66. The number of thiazole rings is 1. The molecule has 0 spiro atoms. The summed E-state index contributed by atoms with van der Waals surface area (Å²) in [4.78, 5) is 8.38. The molecular formula is C14H27N3S2. The third kappa shape index (κ3) is 5.32. The lowest BCUT2D eigenvalue weighted by atomic mass is 10.2. The topological polar surface area (TPSA) is 28.2 Å². The van der Waals surface area contributed by atoms with Crippen molar-refractivity contribution in [3.8, 4) is 0 Å². The fourth-order valence-electron chi connectivity index (χ4n) is 1.69. The quantitative estimate of drug-likeness (QED) is 0.795. The summed E-state index contributed by atoms with van der Waals surface area (Å²) in [5.41, 5.74) is 1.16. The molecule has 0 bridgehead atoms. The monoisotopic (exact) mass is 301 g/mol. The lowest BCUT2D eigenvalue weighted by Gasteiger charge is -2.23. The van der Waals surface area contributed by atoms with Crippen molar-refractivity contribution in [1.29, 1.82) is 0 Å². The maximum absolute atomic E-state index is 4.72. The minimum Gasteiger partial charge on any atom is -0.348 e. The van der Waals surface area contributed by atoms with E-state index in [1.54, 1.807) is 0 Å². The van der Waals surface area contributed by atoms with Crippen LogP contribution < -0.4 is 10.2 Å². The van der Waals surface area contributed by atoms with Crippen LogP contribution in [0, 0.1) is 6.92 Å². The Balaban J connectivity index is 2.65. The van der Waals surface area contributed by atoms with E-state index >= 15 is 0 Å². The van der Waals surface area contributed by atoms with Crippen LogP contribution in [0.1, 0.15) is 37.8 Å². The lowest BCUT2D eigenvalue weighted by molar-refractivity contribution is 0.591. The fraction of sp³-hybridized carbons (Fsp3) is 0.786. The molecule has 0 aliphatic heterocycles. The number of nitrogens with zero attached hydrogens (tertiary/aromatic N) is 2. The molecule has 3 nitrogen and oxygen atoms in total. The van der Waals surface area contributed by atoms with Gasteiger partial charge in [0.2, 0.25) is 0 Å². The number of anilines is 1. The second-order valence-corrected chi connectivity index (χ2v) is 7.33. The van der Waals surface area contributed by atoms with Gasteiger partial charge in [-0.25, -0.2) is 4.98 Å². The minimum atomic E-state index is 0.517. The molecule has 1 aromatic rings. The number of hydrogen-bond acceptors (Lipinski definition) is 5. The Kier molecular flexibility index (Phi) is 7.18. The minimum absolute atomic E-state index is 0.517. The number of rotatable bonds is 8. The molecule has 0 radical (unpaired) electrons. The fourth-order valence-corrected chi connectivity index (χ4v) is 3.35. The average Bonchev–Trinajstić information content (AvgIpc) is 2.73. The number of hydrogen-bond donors (Lipinski definition) is 1. The molecule has 0 aromatic carbocycles. The van der Waals surface area contributed by atoms with E-state index < -0.39 is 0 Å². The first kappa shape index (κ1) is 16.8. The van der Waals surface area contributed by atoms with Crippen molar-refractivity contribution in [2.75, 3.05) is 24.0 Å². The van der Waals surface area contributed by atoms with Crippen molar-refractivity contribution in [2.45, 2.75) is 52.7 Å². The molecule has 19 heavy (non-hydrogen) atoms. The van der Waals surface area contributed by atoms with Crippen LogP contribution in [-0.2, 0) is 6.54 Å². The highest BCUT2D eigenvalue weighted by Gasteiger charge is 2.15. The van der Waals surface area contributed by atoms with Crippen molar-refractivity contribution in [1.82, 2.24) is 10.3 Å². The molecule has 1 N–H and O–H groups in total. The normalized spacial score (nSPS) is 13.0. The van der Waals surface area contributed by atoms with Gasteiger partial charge in [0.25, 0.3) is 0 Å². The summed E-state index contributed by atoms with van der Waals surface area (Å²) < 4.78 is 0. The van der Waals surface area contributed by atoms with Gasteiger partial charge in [0.15, 0.2) is 5.13 Å². The van der Waals surface area contributed by atoms with E-state index in [2.05, 4.69) is 51.2 Å². The lowest BCUT2D eigenvalue weighted by Crippen LogP contribution is -2.29. The Bertz CT molecular complexity index is 377. The van der Waals surface area contributed by atoms with Gasteiger partial charge in [0.1, 0.15) is 0 Å². The van der Waals surface area contributed by atoms with Crippen LogP contribution in [0.5, 0.6) is 0 Å². The first-order valence-electron chi connectivity index (χ1n) is 6.87. The summed E-state index contributed by atoms with van der Waals surface area (Å²) in [5, 5.41) is 4.61. The molecule has 1 rings (SSSR count). The molecule has 110 valence electrons. The Hall–Kier alpha value is -0.260. The molecule has 0 fully saturated rings. The standard InChI is InChI=1S/C14H27N3S2/c1-10(2)15-9-13-12(4)16-14(19-13)17(5)11(3)7-8-18-6/h10-11,15H,7-9H2,1-6H3. The molecule has 1 heterocycles. The molecular weight excluding hydrogens is 274 g/mol. The van der Waals surface area contributed by atoms with Crippen LogP contribution in [0.15, 0.2) is 0 Å². The maximum Gasteiger partial charge on any atom is 0.185 e. The number of nitrogens with one attached hydrogen (secondary N) is 1. The summed E-state index contributed by atoms with van der Waals surface area (Å²) in [6.07, 6.45) is 3.37. The van der Waals surface area contributed by atoms with Gasteiger partial charge >= 0.3 is 0 Å². The number of thioether (sulfide) groups is 1. The predicted molar refractivity (Wildman–Crippen MR) is 89.7 cm³/mol. The molecule has 0 aliphatic carbocycles. The molecule has 1 aromatic heterocycles. The van der Waals surface area contributed by atoms with Gasteiger partial charge in [0, 0.05) is 30.6 Å². The van der Waals surface area contributed by atoms with Crippen molar-refractivity contribution in [3.63, 3.8) is 0 Å². The highest BCUT2D eigenvalue weighted by atomic mass is 32.2. The second kappa shape index (κ2) is 8.12. The van der Waals surface area contributed by atoms with Crippen LogP contribution in [0.25, 0.3) is 0 Å². The van der Waals surface area contributed by atoms with Crippen molar-refractivity contribution < 1.29 is 0 Å². The van der Waals surface area contributed by atoms with Gasteiger partial charge in [-0.3, -0.25) is 0 Å². The number of aromatic nitrogens is 1. The largest absolute Gasteiger partial charge is 0.348 e. The number of aryl methyl sites for hydroxylation is 1. The first-order valence-corrected chi connectivity index (χ1v) is 9.08. The highest BCUT2D eigenvalue weighted by Crippen LogP contribution is 2.27. The summed E-state index contributed by atoms with van der Waals surface area (Å²) >= 11 is 3.73. The molecule has 0 aliphatic rings. The van der Waals surface area contributed by atoms with Crippen LogP contribution in [0.4, 0.5) is 5.13 Å². The molecule has 0 saturated carbocycles. The smallest absolute Gasteiger partial charge is 0.185 e. The zero-order valence-corrected chi connectivity index (χ0v) is 14.6. The van der Waals surface area contributed by atoms with E-state index in [0.29, 0.717) is 12.1 Å². The van der Waals surface area contributed by atoms with Gasteiger partial charge < -0.3 is 10.2 Å². The first-order chi connectivity index (χ1) is 8.95.